The number of hydrogen-bond acceptors (Lipinski definition) is 3. The van der Waals surface area contributed by atoms with Gasteiger partial charge in [0.25, 0.3) is 0 Å². The zero-order valence-corrected chi connectivity index (χ0v) is 14.9. The summed E-state index contributed by atoms with van der Waals surface area (Å²) < 4.78 is 27.9. The summed E-state index contributed by atoms with van der Waals surface area (Å²) in [6, 6.07) is 16.7. The lowest BCUT2D eigenvalue weighted by Gasteiger charge is -2.27. The van der Waals surface area contributed by atoms with Crippen molar-refractivity contribution < 1.29 is 8.42 Å². The standard InChI is InChI=1S/C16H19BrN2O2S/c1-13(19(2)14-8-4-3-5-9-14)12-18-22(20,21)16-11-7-6-10-15(16)17/h3-11,13,18H,12H2,1-2H3/t13-/m0/s1. The number of nitrogens with zero attached hydrogens (tertiary/aromatic N) is 1. The van der Waals surface area contributed by atoms with Crippen LogP contribution in [0.25, 0.3) is 0 Å². The molecule has 2 aromatic rings. The van der Waals surface area contributed by atoms with Crippen LogP contribution in [0.4, 0.5) is 5.69 Å². The van der Waals surface area contributed by atoms with Gasteiger partial charge in [-0.3, -0.25) is 0 Å². The quantitative estimate of drug-likeness (QED) is 0.833. The van der Waals surface area contributed by atoms with Crippen LogP contribution in [0.2, 0.25) is 0 Å². The minimum absolute atomic E-state index is 0.0275. The summed E-state index contributed by atoms with van der Waals surface area (Å²) in [7, 11) is -1.57. The SMILES string of the molecule is C[C@@H](CNS(=O)(=O)c1ccccc1Br)N(C)c1ccccc1. The van der Waals surface area contributed by atoms with Crippen molar-refractivity contribution in [3.8, 4) is 0 Å². The zero-order chi connectivity index (χ0) is 16.2. The molecule has 0 bridgehead atoms. The summed E-state index contributed by atoms with van der Waals surface area (Å²) in [6.45, 7) is 2.31. The molecule has 0 aliphatic heterocycles. The topological polar surface area (TPSA) is 49.4 Å². The third kappa shape index (κ3) is 4.09. The minimum Gasteiger partial charge on any atom is -0.371 e. The first-order valence-electron chi connectivity index (χ1n) is 6.94. The van der Waals surface area contributed by atoms with Crippen LogP contribution in [0.5, 0.6) is 0 Å². The van der Waals surface area contributed by atoms with Gasteiger partial charge in [-0.2, -0.15) is 0 Å². The summed E-state index contributed by atoms with van der Waals surface area (Å²) in [5.41, 5.74) is 1.05. The molecule has 0 spiro atoms. The van der Waals surface area contributed by atoms with Gasteiger partial charge in [0.1, 0.15) is 0 Å². The van der Waals surface area contributed by atoms with Crippen molar-refractivity contribution in [2.45, 2.75) is 17.9 Å². The van der Waals surface area contributed by atoms with Crippen molar-refractivity contribution in [3.05, 3.63) is 59.1 Å². The van der Waals surface area contributed by atoms with Gasteiger partial charge in [0.15, 0.2) is 0 Å². The molecule has 22 heavy (non-hydrogen) atoms. The number of sulfonamides is 1. The maximum Gasteiger partial charge on any atom is 0.241 e. The predicted octanol–water partition coefficient (Wildman–Crippen LogP) is 3.25. The molecule has 0 unspecified atom stereocenters. The fraction of sp³-hybridized carbons (Fsp3) is 0.250. The van der Waals surface area contributed by atoms with Gasteiger partial charge in [0, 0.05) is 29.8 Å². The van der Waals surface area contributed by atoms with Crippen LogP contribution in [0, 0.1) is 0 Å². The van der Waals surface area contributed by atoms with Gasteiger partial charge in [0.2, 0.25) is 10.0 Å². The fourth-order valence-electron chi connectivity index (χ4n) is 2.03. The van der Waals surface area contributed by atoms with Crippen LogP contribution in [0.3, 0.4) is 0 Å². The van der Waals surface area contributed by atoms with Gasteiger partial charge in [-0.25, -0.2) is 13.1 Å². The van der Waals surface area contributed by atoms with E-state index in [1.165, 1.54) is 0 Å². The van der Waals surface area contributed by atoms with Crippen LogP contribution in [-0.2, 0) is 10.0 Å². The lowest BCUT2D eigenvalue weighted by molar-refractivity contribution is 0.569. The molecule has 118 valence electrons. The molecule has 1 atom stereocenters. The Balaban J connectivity index is 2.05. The van der Waals surface area contributed by atoms with Crippen molar-refractivity contribution in [1.82, 2.24) is 4.72 Å². The van der Waals surface area contributed by atoms with E-state index < -0.39 is 10.0 Å². The molecule has 1 N–H and O–H groups in total. The summed E-state index contributed by atoms with van der Waals surface area (Å²) >= 11 is 3.28. The second-order valence-electron chi connectivity index (χ2n) is 5.08. The first-order valence-corrected chi connectivity index (χ1v) is 9.21. The average molecular weight is 383 g/mol. The van der Waals surface area contributed by atoms with Gasteiger partial charge >= 0.3 is 0 Å². The van der Waals surface area contributed by atoms with E-state index in [0.29, 0.717) is 11.0 Å². The van der Waals surface area contributed by atoms with Crippen LogP contribution in [0.1, 0.15) is 6.92 Å². The van der Waals surface area contributed by atoms with E-state index in [2.05, 4.69) is 20.7 Å². The highest BCUT2D eigenvalue weighted by molar-refractivity contribution is 9.10. The molecule has 0 aliphatic carbocycles. The fourth-order valence-corrected chi connectivity index (χ4v) is 4.15. The largest absolute Gasteiger partial charge is 0.371 e. The lowest BCUT2D eigenvalue weighted by atomic mass is 10.2. The Hall–Kier alpha value is -1.37. The van der Waals surface area contributed by atoms with Crippen LogP contribution in [0.15, 0.2) is 64.0 Å². The van der Waals surface area contributed by atoms with Crippen molar-refractivity contribution in [1.29, 1.82) is 0 Å². The van der Waals surface area contributed by atoms with Gasteiger partial charge in [0.05, 0.1) is 4.90 Å². The monoisotopic (exact) mass is 382 g/mol. The molecule has 0 fully saturated rings. The maximum absolute atomic E-state index is 12.4. The molecule has 0 aliphatic rings. The normalized spacial score (nSPS) is 12.9. The number of nitrogens with one attached hydrogen (secondary N) is 1. The second-order valence-corrected chi connectivity index (χ2v) is 7.67. The molecule has 0 heterocycles. The predicted molar refractivity (Wildman–Crippen MR) is 93.6 cm³/mol. The first-order chi connectivity index (χ1) is 10.4. The van der Waals surface area contributed by atoms with Crippen LogP contribution in [-0.4, -0.2) is 28.1 Å². The van der Waals surface area contributed by atoms with Crippen LogP contribution < -0.4 is 9.62 Å². The Bertz CT molecular complexity index is 720. The molecule has 4 nitrogen and oxygen atoms in total. The Morgan fingerprint density at radius 1 is 1.09 bits per heavy atom. The Labute approximate surface area is 140 Å². The molecule has 0 saturated carbocycles. The number of anilines is 1. The maximum atomic E-state index is 12.4. The lowest BCUT2D eigenvalue weighted by Crippen LogP contribution is -2.40. The molecule has 2 rings (SSSR count). The van der Waals surface area contributed by atoms with Crippen molar-refractivity contribution >= 4 is 31.6 Å². The van der Waals surface area contributed by atoms with E-state index in [1.807, 2.05) is 49.2 Å². The number of halogens is 1. The number of rotatable bonds is 6. The smallest absolute Gasteiger partial charge is 0.241 e. The van der Waals surface area contributed by atoms with E-state index in [9.17, 15) is 8.42 Å². The summed E-state index contributed by atoms with van der Waals surface area (Å²) in [4.78, 5) is 2.30. The van der Waals surface area contributed by atoms with Gasteiger partial charge in [-0.05, 0) is 47.1 Å². The van der Waals surface area contributed by atoms with E-state index in [4.69, 9.17) is 0 Å². The molecule has 0 aromatic heterocycles. The molecular formula is C16H19BrN2O2S. The molecular weight excluding hydrogens is 364 g/mol. The van der Waals surface area contributed by atoms with Gasteiger partial charge in [-0.1, -0.05) is 30.3 Å². The highest BCUT2D eigenvalue weighted by atomic mass is 79.9. The van der Waals surface area contributed by atoms with Gasteiger partial charge < -0.3 is 4.90 Å². The van der Waals surface area contributed by atoms with E-state index in [1.54, 1.807) is 24.3 Å². The van der Waals surface area contributed by atoms with E-state index in [0.717, 1.165) is 5.69 Å². The Kier molecular flexibility index (Phi) is 5.61. The number of benzene rings is 2. The second kappa shape index (κ2) is 7.26. The molecule has 0 amide bonds. The number of likely N-dealkylation sites (N-methyl/N-ethyl adjacent to an activating group) is 1. The molecule has 6 heteroatoms. The Morgan fingerprint density at radius 3 is 2.32 bits per heavy atom. The summed E-state index contributed by atoms with van der Waals surface area (Å²) in [6.07, 6.45) is 0. The summed E-state index contributed by atoms with van der Waals surface area (Å²) in [5, 5.41) is 0. The number of para-hydroxylation sites is 1. The highest BCUT2D eigenvalue weighted by Crippen LogP contribution is 2.21. The average Bonchev–Trinajstić information content (AvgIpc) is 2.53. The first kappa shape index (κ1) is 17.0. The minimum atomic E-state index is -3.53. The van der Waals surface area contributed by atoms with Crippen molar-refractivity contribution in [2.75, 3.05) is 18.5 Å². The highest BCUT2D eigenvalue weighted by Gasteiger charge is 2.19. The van der Waals surface area contributed by atoms with Crippen molar-refractivity contribution in [3.63, 3.8) is 0 Å². The molecule has 2 aromatic carbocycles. The Morgan fingerprint density at radius 2 is 1.68 bits per heavy atom. The third-order valence-electron chi connectivity index (χ3n) is 3.52. The molecule has 0 saturated heterocycles. The zero-order valence-electron chi connectivity index (χ0n) is 12.5. The number of hydrogen-bond donors (Lipinski definition) is 1. The summed E-state index contributed by atoms with van der Waals surface area (Å²) in [5.74, 6) is 0. The van der Waals surface area contributed by atoms with E-state index >= 15 is 0 Å². The van der Waals surface area contributed by atoms with E-state index in [-0.39, 0.29) is 10.9 Å². The van der Waals surface area contributed by atoms with Gasteiger partial charge in [-0.15, -0.1) is 0 Å². The third-order valence-corrected chi connectivity index (χ3v) is 5.96. The van der Waals surface area contributed by atoms with Crippen molar-refractivity contribution in [2.24, 2.45) is 0 Å². The molecule has 0 radical (unpaired) electrons. The van der Waals surface area contributed by atoms with Crippen LogP contribution >= 0.6 is 15.9 Å².